The van der Waals surface area contributed by atoms with E-state index < -0.39 is 0 Å². The molecule has 80 valence electrons. The first kappa shape index (κ1) is 12.9. The number of hydrogen-bond acceptors (Lipinski definition) is 2. The molecule has 1 aliphatic heterocycles. The molecule has 0 spiro atoms. The summed E-state index contributed by atoms with van der Waals surface area (Å²) in [5, 5.41) is 0. The van der Waals surface area contributed by atoms with E-state index in [0.717, 1.165) is 24.5 Å². The van der Waals surface area contributed by atoms with Crippen molar-refractivity contribution >= 4 is 0 Å². The molecule has 0 unspecified atom stereocenters. The van der Waals surface area contributed by atoms with Gasteiger partial charge in [-0.3, -0.25) is 4.98 Å². The topological polar surface area (TPSA) is 22.1 Å². The van der Waals surface area contributed by atoms with Crippen LogP contribution >= 0.6 is 0 Å². The Hall–Kier alpha value is -1.05. The van der Waals surface area contributed by atoms with Gasteiger partial charge in [0.2, 0.25) is 0 Å². The number of fused-ring (bicyclic) bond motifs is 1. The zero-order valence-electron chi connectivity index (χ0n) is 9.92. The quantitative estimate of drug-likeness (QED) is 0.633. The molecule has 0 aromatic carbocycles. The van der Waals surface area contributed by atoms with E-state index in [-0.39, 0.29) is 0 Å². The Morgan fingerprint density at radius 1 is 1.21 bits per heavy atom. The normalized spacial score (nSPS) is 11.2. The highest BCUT2D eigenvalue weighted by molar-refractivity contribution is 5.34. The molecule has 1 aromatic heterocycles. The molecule has 0 aliphatic carbocycles. The van der Waals surface area contributed by atoms with E-state index in [9.17, 15) is 0 Å². The zero-order chi connectivity index (χ0) is 11.0. The van der Waals surface area contributed by atoms with Crippen molar-refractivity contribution in [1.29, 1.82) is 0 Å². The highest BCUT2D eigenvalue weighted by atomic mass is 16.5. The maximum atomic E-state index is 5.29. The zero-order valence-corrected chi connectivity index (χ0v) is 9.92. The molecule has 1 aliphatic rings. The van der Waals surface area contributed by atoms with Crippen LogP contribution in [0, 0.1) is 6.92 Å². The van der Waals surface area contributed by atoms with E-state index in [4.69, 9.17) is 4.74 Å². The molecule has 0 bridgehead atoms. The minimum Gasteiger partial charge on any atom is -0.491 e. The highest BCUT2D eigenvalue weighted by Gasteiger charge is 2.10. The molecular formula is C12H21NO. The van der Waals surface area contributed by atoms with Gasteiger partial charge < -0.3 is 4.74 Å². The summed E-state index contributed by atoms with van der Waals surface area (Å²) in [7, 11) is 0. The van der Waals surface area contributed by atoms with Gasteiger partial charge in [-0.2, -0.15) is 0 Å². The van der Waals surface area contributed by atoms with Crippen LogP contribution in [0.1, 0.15) is 39.0 Å². The van der Waals surface area contributed by atoms with Crippen LogP contribution in [0.5, 0.6) is 5.75 Å². The van der Waals surface area contributed by atoms with E-state index in [2.05, 4.69) is 11.1 Å². The van der Waals surface area contributed by atoms with Gasteiger partial charge in [-0.15, -0.1) is 0 Å². The lowest BCUT2D eigenvalue weighted by Gasteiger charge is -1.96. The molecule has 0 amide bonds. The van der Waals surface area contributed by atoms with Crippen LogP contribution < -0.4 is 4.74 Å². The minimum absolute atomic E-state index is 0.820. The van der Waals surface area contributed by atoms with Crippen LogP contribution in [-0.4, -0.2) is 11.6 Å². The molecule has 2 nitrogen and oxygen atoms in total. The van der Waals surface area contributed by atoms with Crippen molar-refractivity contribution < 1.29 is 4.74 Å². The molecule has 0 N–H and O–H groups in total. The lowest BCUT2D eigenvalue weighted by molar-refractivity contribution is 0.355. The second-order valence-electron chi connectivity index (χ2n) is 2.53. The van der Waals surface area contributed by atoms with Crippen LogP contribution in [0.4, 0.5) is 0 Å². The Bertz CT molecular complexity index is 258. The lowest BCUT2D eigenvalue weighted by atomic mass is 10.2. The van der Waals surface area contributed by atoms with Crippen LogP contribution in [0.2, 0.25) is 0 Å². The number of pyridine rings is 1. The molecule has 0 radical (unpaired) electrons. The summed E-state index contributed by atoms with van der Waals surface area (Å²) in [5.41, 5.74) is 2.37. The molecule has 14 heavy (non-hydrogen) atoms. The van der Waals surface area contributed by atoms with Crippen molar-refractivity contribution in [3.8, 4) is 5.75 Å². The fourth-order valence-corrected chi connectivity index (χ4v) is 1.20. The van der Waals surface area contributed by atoms with Gasteiger partial charge in [-0.05, 0) is 13.0 Å². The van der Waals surface area contributed by atoms with E-state index >= 15 is 0 Å². The van der Waals surface area contributed by atoms with Gasteiger partial charge >= 0.3 is 0 Å². The van der Waals surface area contributed by atoms with Crippen LogP contribution in [0.3, 0.4) is 0 Å². The van der Waals surface area contributed by atoms with E-state index in [1.54, 1.807) is 6.20 Å². The maximum Gasteiger partial charge on any atom is 0.140 e. The summed E-state index contributed by atoms with van der Waals surface area (Å²) in [6.07, 6.45) is 2.84. The Labute approximate surface area is 87.3 Å². The summed E-state index contributed by atoms with van der Waals surface area (Å²) < 4.78 is 5.29. The van der Waals surface area contributed by atoms with Crippen molar-refractivity contribution in [2.45, 2.75) is 41.0 Å². The average Bonchev–Trinajstić information content (AvgIpc) is 2.71. The Morgan fingerprint density at radius 2 is 1.86 bits per heavy atom. The van der Waals surface area contributed by atoms with Crippen LogP contribution in [0.15, 0.2) is 12.3 Å². The van der Waals surface area contributed by atoms with E-state index in [1.807, 2.05) is 34.6 Å². The fraction of sp³-hybridized carbons (Fsp3) is 0.583. The van der Waals surface area contributed by atoms with Crippen molar-refractivity contribution in [1.82, 2.24) is 4.98 Å². The lowest BCUT2D eigenvalue weighted by Crippen LogP contribution is -1.86. The van der Waals surface area contributed by atoms with Crippen molar-refractivity contribution in [3.63, 3.8) is 0 Å². The van der Waals surface area contributed by atoms with Crippen molar-refractivity contribution in [2.24, 2.45) is 0 Å². The SMILES string of the molecule is CC.CC.Cc1cc2c(cn1)OCC2. The Morgan fingerprint density at radius 3 is 2.50 bits per heavy atom. The predicted molar refractivity (Wildman–Crippen MR) is 60.9 cm³/mol. The molecule has 0 atom stereocenters. The Kier molecular flexibility index (Phi) is 6.81. The molecule has 2 heterocycles. The number of aromatic nitrogens is 1. The number of ether oxygens (including phenoxy) is 1. The van der Waals surface area contributed by atoms with Crippen molar-refractivity contribution in [3.05, 3.63) is 23.5 Å². The number of rotatable bonds is 0. The fourth-order valence-electron chi connectivity index (χ4n) is 1.20. The second kappa shape index (κ2) is 7.36. The van der Waals surface area contributed by atoms with Gasteiger partial charge in [0, 0.05) is 17.7 Å². The minimum atomic E-state index is 0.820. The van der Waals surface area contributed by atoms with Gasteiger partial charge in [0.15, 0.2) is 0 Å². The summed E-state index contributed by atoms with van der Waals surface area (Å²) in [6, 6.07) is 2.09. The van der Waals surface area contributed by atoms with Crippen molar-refractivity contribution in [2.75, 3.05) is 6.61 Å². The maximum absolute atomic E-state index is 5.29. The third-order valence-corrected chi connectivity index (χ3v) is 1.71. The largest absolute Gasteiger partial charge is 0.491 e. The van der Waals surface area contributed by atoms with E-state index in [1.165, 1.54) is 5.56 Å². The molecular weight excluding hydrogens is 174 g/mol. The van der Waals surface area contributed by atoms with Crippen LogP contribution in [-0.2, 0) is 6.42 Å². The van der Waals surface area contributed by atoms with Gasteiger partial charge in [-0.1, -0.05) is 27.7 Å². The predicted octanol–water partition coefficient (Wildman–Crippen LogP) is 3.38. The Balaban J connectivity index is 0.000000379. The summed E-state index contributed by atoms with van der Waals surface area (Å²) in [5.74, 6) is 0.964. The first-order valence-corrected chi connectivity index (χ1v) is 5.44. The molecule has 0 saturated carbocycles. The number of aryl methyl sites for hydroxylation is 1. The standard InChI is InChI=1S/C8H9NO.2C2H6/c1-6-4-7-2-3-10-8(7)5-9-6;2*1-2/h4-5H,2-3H2,1H3;2*1-2H3. The van der Waals surface area contributed by atoms with Gasteiger partial charge in [0.25, 0.3) is 0 Å². The van der Waals surface area contributed by atoms with Gasteiger partial charge in [-0.25, -0.2) is 0 Å². The summed E-state index contributed by atoms with van der Waals surface area (Å²) in [4.78, 5) is 4.13. The van der Waals surface area contributed by atoms with Gasteiger partial charge in [0.05, 0.1) is 12.8 Å². The molecule has 0 saturated heterocycles. The first-order valence-electron chi connectivity index (χ1n) is 5.44. The van der Waals surface area contributed by atoms with Crippen LogP contribution in [0.25, 0.3) is 0 Å². The monoisotopic (exact) mass is 195 g/mol. The summed E-state index contributed by atoms with van der Waals surface area (Å²) >= 11 is 0. The molecule has 0 fully saturated rings. The third-order valence-electron chi connectivity index (χ3n) is 1.71. The summed E-state index contributed by atoms with van der Waals surface area (Å²) in [6.45, 7) is 10.8. The highest BCUT2D eigenvalue weighted by Crippen LogP contribution is 2.23. The number of hydrogen-bond donors (Lipinski definition) is 0. The first-order chi connectivity index (χ1) is 6.86. The van der Waals surface area contributed by atoms with Gasteiger partial charge in [0.1, 0.15) is 5.75 Å². The molecule has 2 rings (SSSR count). The molecule has 2 heteroatoms. The third kappa shape index (κ3) is 3.36. The average molecular weight is 195 g/mol. The second-order valence-corrected chi connectivity index (χ2v) is 2.53. The smallest absolute Gasteiger partial charge is 0.140 e. The van der Waals surface area contributed by atoms with E-state index in [0.29, 0.717) is 0 Å². The number of nitrogens with zero attached hydrogens (tertiary/aromatic N) is 1. The molecule has 1 aromatic rings.